The second-order valence-corrected chi connectivity index (χ2v) is 4.45. The zero-order valence-corrected chi connectivity index (χ0v) is 8.91. The van der Waals surface area contributed by atoms with Gasteiger partial charge >= 0.3 is 6.03 Å². The van der Waals surface area contributed by atoms with E-state index in [-0.39, 0.29) is 6.03 Å². The lowest BCUT2D eigenvalue weighted by Crippen LogP contribution is -2.32. The van der Waals surface area contributed by atoms with Crippen LogP contribution in [0.5, 0.6) is 0 Å². The summed E-state index contributed by atoms with van der Waals surface area (Å²) in [5, 5.41) is 11.5. The first-order valence-corrected chi connectivity index (χ1v) is 5.73. The summed E-state index contributed by atoms with van der Waals surface area (Å²) in [6, 6.07) is 2.43. The number of amides is 2. The first-order chi connectivity index (χ1) is 7.31. The van der Waals surface area contributed by atoms with Crippen LogP contribution in [0.25, 0.3) is 0 Å². The van der Waals surface area contributed by atoms with Gasteiger partial charge in [-0.3, -0.25) is 0 Å². The Bertz CT molecular complexity index is 278. The van der Waals surface area contributed by atoms with Crippen LogP contribution in [0.2, 0.25) is 0 Å². The fourth-order valence-electron chi connectivity index (χ4n) is 2.62. The predicted octanol–water partition coefficient (Wildman–Crippen LogP) is 1.48. The average molecular weight is 207 g/mol. The van der Waals surface area contributed by atoms with Crippen LogP contribution in [0.3, 0.4) is 0 Å². The van der Waals surface area contributed by atoms with E-state index in [0.717, 1.165) is 6.54 Å². The molecule has 1 atom stereocenters. The maximum atomic E-state index is 11.6. The van der Waals surface area contributed by atoms with Crippen molar-refractivity contribution in [3.63, 3.8) is 0 Å². The third kappa shape index (κ3) is 2.23. The maximum Gasteiger partial charge on any atom is 0.317 e. The van der Waals surface area contributed by atoms with Gasteiger partial charge in [0.05, 0.1) is 18.5 Å². The van der Waals surface area contributed by atoms with Gasteiger partial charge in [-0.1, -0.05) is 12.8 Å². The summed E-state index contributed by atoms with van der Waals surface area (Å²) < 4.78 is 0. The monoisotopic (exact) mass is 207 g/mol. The van der Waals surface area contributed by atoms with Crippen LogP contribution in [0.4, 0.5) is 4.79 Å². The molecule has 0 radical (unpaired) electrons. The Morgan fingerprint density at radius 1 is 1.47 bits per heavy atom. The molecule has 0 aromatic rings. The Kier molecular flexibility index (Phi) is 3.10. The second kappa shape index (κ2) is 4.52. The van der Waals surface area contributed by atoms with Crippen molar-refractivity contribution in [3.05, 3.63) is 0 Å². The number of rotatable bonds is 3. The zero-order valence-electron chi connectivity index (χ0n) is 8.91. The second-order valence-electron chi connectivity index (χ2n) is 4.45. The molecule has 0 aromatic carbocycles. The lowest BCUT2D eigenvalue weighted by atomic mass is 9.99. The quantitative estimate of drug-likeness (QED) is 0.762. The highest BCUT2D eigenvalue weighted by atomic mass is 16.2. The van der Waals surface area contributed by atoms with E-state index >= 15 is 0 Å². The predicted molar refractivity (Wildman–Crippen MR) is 56.1 cm³/mol. The maximum absolute atomic E-state index is 11.6. The highest BCUT2D eigenvalue weighted by Crippen LogP contribution is 2.29. The molecular weight excluding hydrogens is 190 g/mol. The van der Waals surface area contributed by atoms with Crippen molar-refractivity contribution in [2.24, 2.45) is 5.92 Å². The molecule has 2 fully saturated rings. The van der Waals surface area contributed by atoms with Crippen molar-refractivity contribution in [2.45, 2.75) is 38.1 Å². The van der Waals surface area contributed by atoms with E-state index in [9.17, 15) is 4.79 Å². The number of carbonyl (C=O) groups is 1. The van der Waals surface area contributed by atoms with Gasteiger partial charge in [-0.2, -0.15) is 5.26 Å². The topological polar surface area (TPSA) is 56.1 Å². The van der Waals surface area contributed by atoms with Gasteiger partial charge < -0.3 is 10.2 Å². The summed E-state index contributed by atoms with van der Waals surface area (Å²) in [7, 11) is 0. The minimum atomic E-state index is 0.0159. The van der Waals surface area contributed by atoms with Crippen molar-refractivity contribution < 1.29 is 4.79 Å². The molecule has 0 bridgehead atoms. The smallest absolute Gasteiger partial charge is 0.317 e. The summed E-state index contributed by atoms with van der Waals surface area (Å²) >= 11 is 0. The minimum Gasteiger partial charge on any atom is -0.333 e. The SMILES string of the molecule is N#CCCN1CC(C2CCCC2)NC1=O. The molecular formula is C11H17N3O. The molecule has 2 rings (SSSR count). The van der Waals surface area contributed by atoms with Crippen LogP contribution in [0, 0.1) is 17.2 Å². The van der Waals surface area contributed by atoms with Gasteiger partial charge in [-0.05, 0) is 18.8 Å². The number of carbonyl (C=O) groups excluding carboxylic acids is 1. The fourth-order valence-corrected chi connectivity index (χ4v) is 2.62. The first kappa shape index (κ1) is 10.3. The summed E-state index contributed by atoms with van der Waals surface area (Å²) in [6.07, 6.45) is 5.53. The molecule has 1 aliphatic heterocycles. The third-order valence-corrected chi connectivity index (χ3v) is 3.48. The highest BCUT2D eigenvalue weighted by molar-refractivity contribution is 5.76. The molecule has 0 spiro atoms. The number of nitriles is 1. The van der Waals surface area contributed by atoms with E-state index in [2.05, 4.69) is 11.4 Å². The molecule has 1 heterocycles. The third-order valence-electron chi connectivity index (χ3n) is 3.48. The molecule has 1 N–H and O–H groups in total. The molecule has 1 saturated carbocycles. The van der Waals surface area contributed by atoms with Gasteiger partial charge in [-0.25, -0.2) is 4.79 Å². The van der Waals surface area contributed by atoms with Gasteiger partial charge in [0.15, 0.2) is 0 Å². The van der Waals surface area contributed by atoms with Crippen LogP contribution in [0.1, 0.15) is 32.1 Å². The van der Waals surface area contributed by atoms with E-state index < -0.39 is 0 Å². The summed E-state index contributed by atoms with van der Waals surface area (Å²) in [5.41, 5.74) is 0. The lowest BCUT2D eigenvalue weighted by molar-refractivity contribution is 0.218. The minimum absolute atomic E-state index is 0.0159. The van der Waals surface area contributed by atoms with E-state index in [1.807, 2.05) is 0 Å². The van der Waals surface area contributed by atoms with Gasteiger partial charge in [0.1, 0.15) is 0 Å². The molecule has 1 aliphatic carbocycles. The Morgan fingerprint density at radius 3 is 2.87 bits per heavy atom. The summed E-state index contributed by atoms with van der Waals surface area (Å²) in [5.74, 6) is 0.668. The number of hydrogen-bond donors (Lipinski definition) is 1. The average Bonchev–Trinajstić information content (AvgIpc) is 2.83. The van der Waals surface area contributed by atoms with Gasteiger partial charge in [0.2, 0.25) is 0 Å². The molecule has 0 aromatic heterocycles. The van der Waals surface area contributed by atoms with Crippen LogP contribution in [0.15, 0.2) is 0 Å². The van der Waals surface area contributed by atoms with Crippen molar-refractivity contribution >= 4 is 6.03 Å². The standard InChI is InChI=1S/C11H17N3O/c12-6-3-7-14-8-10(13-11(14)15)9-4-1-2-5-9/h9-10H,1-5,7-8H2,(H,13,15). The first-order valence-electron chi connectivity index (χ1n) is 5.73. The van der Waals surface area contributed by atoms with E-state index in [1.54, 1.807) is 4.90 Å². The normalized spacial score (nSPS) is 26.7. The molecule has 82 valence electrons. The summed E-state index contributed by atoms with van der Waals surface area (Å²) in [4.78, 5) is 13.3. The summed E-state index contributed by atoms with van der Waals surface area (Å²) in [6.45, 7) is 1.37. The number of hydrogen-bond acceptors (Lipinski definition) is 2. The van der Waals surface area contributed by atoms with E-state index in [4.69, 9.17) is 5.26 Å². The van der Waals surface area contributed by atoms with Crippen LogP contribution in [-0.2, 0) is 0 Å². The Hall–Kier alpha value is -1.24. The largest absolute Gasteiger partial charge is 0.333 e. The van der Waals surface area contributed by atoms with Crippen LogP contribution < -0.4 is 5.32 Å². The number of nitrogens with one attached hydrogen (secondary N) is 1. The van der Waals surface area contributed by atoms with Gasteiger partial charge in [-0.15, -0.1) is 0 Å². The Labute approximate surface area is 90.2 Å². The molecule has 1 unspecified atom stereocenters. The van der Waals surface area contributed by atoms with E-state index in [1.165, 1.54) is 25.7 Å². The highest BCUT2D eigenvalue weighted by Gasteiger charge is 2.34. The molecule has 4 heteroatoms. The fraction of sp³-hybridized carbons (Fsp3) is 0.818. The zero-order chi connectivity index (χ0) is 10.7. The molecule has 2 amide bonds. The van der Waals surface area contributed by atoms with E-state index in [0.29, 0.717) is 24.9 Å². The molecule has 15 heavy (non-hydrogen) atoms. The Morgan fingerprint density at radius 2 is 2.20 bits per heavy atom. The van der Waals surface area contributed by atoms with Crippen LogP contribution >= 0.6 is 0 Å². The van der Waals surface area contributed by atoms with Gasteiger partial charge in [0.25, 0.3) is 0 Å². The number of nitrogens with zero attached hydrogens (tertiary/aromatic N) is 2. The van der Waals surface area contributed by atoms with Crippen molar-refractivity contribution in [2.75, 3.05) is 13.1 Å². The lowest BCUT2D eigenvalue weighted by Gasteiger charge is -2.17. The number of urea groups is 1. The van der Waals surface area contributed by atoms with Crippen molar-refractivity contribution in [1.82, 2.24) is 10.2 Å². The van der Waals surface area contributed by atoms with Crippen LogP contribution in [-0.4, -0.2) is 30.1 Å². The van der Waals surface area contributed by atoms with Gasteiger partial charge in [0, 0.05) is 13.1 Å². The molecule has 1 saturated heterocycles. The van der Waals surface area contributed by atoms with Crippen molar-refractivity contribution in [1.29, 1.82) is 5.26 Å². The Balaban J connectivity index is 1.86. The molecule has 4 nitrogen and oxygen atoms in total. The molecule has 2 aliphatic rings. The van der Waals surface area contributed by atoms with Crippen molar-refractivity contribution in [3.8, 4) is 6.07 Å².